The van der Waals surface area contributed by atoms with Gasteiger partial charge in [-0.25, -0.2) is 28.0 Å². The third-order valence-corrected chi connectivity index (χ3v) is 9.30. The van der Waals surface area contributed by atoms with Crippen molar-refractivity contribution in [1.29, 1.82) is 0 Å². The van der Waals surface area contributed by atoms with Gasteiger partial charge in [-0.2, -0.15) is 0 Å². The van der Waals surface area contributed by atoms with E-state index >= 15 is 8.78 Å². The first-order chi connectivity index (χ1) is 25.6. The maximum absolute atomic E-state index is 15.3. The van der Waals surface area contributed by atoms with Crippen LogP contribution in [0.3, 0.4) is 0 Å². The Morgan fingerprint density at radius 2 is 1.15 bits per heavy atom. The van der Waals surface area contributed by atoms with Crippen LogP contribution in [0, 0.1) is 10.8 Å². The lowest BCUT2D eigenvalue weighted by molar-refractivity contribution is -0.151. The average molecular weight is 751 g/mol. The van der Waals surface area contributed by atoms with E-state index in [4.69, 9.17) is 28.4 Å². The van der Waals surface area contributed by atoms with Gasteiger partial charge in [-0.1, -0.05) is 40.2 Å². The molecule has 0 N–H and O–H groups in total. The molecule has 12 heteroatoms. The Balaban J connectivity index is 1.61. The molecule has 0 bridgehead atoms. The quantitative estimate of drug-likeness (QED) is 0.0637. The zero-order valence-corrected chi connectivity index (χ0v) is 31.4. The minimum atomic E-state index is -1.07. The van der Waals surface area contributed by atoms with Gasteiger partial charge in [-0.05, 0) is 88.1 Å². The van der Waals surface area contributed by atoms with Crippen LogP contribution in [0.2, 0.25) is 0 Å². The Labute approximate surface area is 315 Å². The summed E-state index contributed by atoms with van der Waals surface area (Å²) < 4.78 is 63.8. The third kappa shape index (κ3) is 11.7. The van der Waals surface area contributed by atoms with E-state index in [-0.39, 0.29) is 73.1 Å². The summed E-state index contributed by atoms with van der Waals surface area (Å²) >= 11 is 0. The Hall–Kier alpha value is -5.52. The molecule has 1 saturated heterocycles. The number of hydrogen-bond acceptors (Lipinski definition) is 10. The van der Waals surface area contributed by atoms with Gasteiger partial charge in [-0.3, -0.25) is 0 Å². The second kappa shape index (κ2) is 19.5. The smallest absolute Gasteiger partial charge is 0.338 e. The topological polar surface area (TPSA) is 124 Å². The standard InChI is InChI=1S/C42H48F2O10/c1-9-41(23-51-37(45)27(3)4,24-52-38(46)28(5)6)19-21-49-33-15-11-31(12-16-33)35(43)36(44)32-13-17-34(18-14-32)50-22-20-42(10-2)25-53-39(47)29(7)30(8)40(48)54-26-42/h11-18H,3,5,7-10,19-26H2,1-2,4,6H3/b36-35+. The second-order valence-electron chi connectivity index (χ2n) is 13.4. The largest absolute Gasteiger partial charge is 0.494 e. The zero-order valence-electron chi connectivity index (χ0n) is 31.4. The molecule has 1 aliphatic rings. The highest BCUT2D eigenvalue weighted by Crippen LogP contribution is 2.34. The van der Waals surface area contributed by atoms with Crippen molar-refractivity contribution in [2.75, 3.05) is 39.6 Å². The molecule has 0 radical (unpaired) electrons. The van der Waals surface area contributed by atoms with Crippen molar-refractivity contribution < 1.29 is 56.4 Å². The molecule has 0 aromatic heterocycles. The summed E-state index contributed by atoms with van der Waals surface area (Å²) in [5.74, 6) is -3.97. The molecule has 290 valence electrons. The minimum Gasteiger partial charge on any atom is -0.494 e. The summed E-state index contributed by atoms with van der Waals surface area (Å²) in [6, 6.07) is 11.6. The van der Waals surface area contributed by atoms with Gasteiger partial charge in [0.15, 0.2) is 11.7 Å². The van der Waals surface area contributed by atoms with Crippen LogP contribution in [-0.4, -0.2) is 63.5 Å². The number of cyclic esters (lactones) is 2. The fourth-order valence-corrected chi connectivity index (χ4v) is 5.09. The summed E-state index contributed by atoms with van der Waals surface area (Å²) in [5, 5.41) is 0. The molecule has 0 aliphatic carbocycles. The zero-order chi connectivity index (χ0) is 40.1. The first-order valence-corrected chi connectivity index (χ1v) is 17.5. The van der Waals surface area contributed by atoms with Crippen molar-refractivity contribution in [1.82, 2.24) is 0 Å². The lowest BCUT2D eigenvalue weighted by atomic mass is 9.83. The van der Waals surface area contributed by atoms with Crippen LogP contribution in [0.5, 0.6) is 11.5 Å². The number of ether oxygens (including phenoxy) is 6. The van der Waals surface area contributed by atoms with Gasteiger partial charge in [0.2, 0.25) is 0 Å². The molecule has 0 saturated carbocycles. The third-order valence-electron chi connectivity index (χ3n) is 9.30. The SMILES string of the molecule is C=C(C)C(=O)OCC(CC)(CCOc1ccc(/C(F)=C(\F)c2ccc(OCCC3(CC)COC(=O)C(=C)C(=C)C(=O)OC3)cc2)cc1)COC(=O)C(=C)C. The minimum absolute atomic E-state index is 0.00337. The van der Waals surface area contributed by atoms with E-state index in [0.29, 0.717) is 37.2 Å². The maximum Gasteiger partial charge on any atom is 0.338 e. The van der Waals surface area contributed by atoms with Crippen molar-refractivity contribution in [3.05, 3.63) is 108 Å². The maximum atomic E-state index is 15.3. The van der Waals surface area contributed by atoms with E-state index in [1.807, 2.05) is 13.8 Å². The van der Waals surface area contributed by atoms with Crippen molar-refractivity contribution in [3.8, 4) is 11.5 Å². The van der Waals surface area contributed by atoms with E-state index in [2.05, 4.69) is 26.3 Å². The highest BCUT2D eigenvalue weighted by molar-refractivity contribution is 6.06. The van der Waals surface area contributed by atoms with Gasteiger partial charge in [-0.15, -0.1) is 0 Å². The fourth-order valence-electron chi connectivity index (χ4n) is 5.09. The van der Waals surface area contributed by atoms with Crippen LogP contribution in [0.25, 0.3) is 11.7 Å². The lowest BCUT2D eigenvalue weighted by Crippen LogP contribution is -2.35. The summed E-state index contributed by atoms with van der Waals surface area (Å²) in [6.07, 6.45) is 1.72. The van der Waals surface area contributed by atoms with Crippen LogP contribution in [0.15, 0.2) is 97.1 Å². The van der Waals surface area contributed by atoms with Crippen LogP contribution in [-0.2, 0) is 38.1 Å². The predicted molar refractivity (Wildman–Crippen MR) is 199 cm³/mol. The Morgan fingerprint density at radius 3 is 1.52 bits per heavy atom. The number of hydrogen-bond donors (Lipinski definition) is 0. The van der Waals surface area contributed by atoms with Crippen molar-refractivity contribution in [2.24, 2.45) is 10.8 Å². The molecule has 10 nitrogen and oxygen atoms in total. The van der Waals surface area contributed by atoms with Gasteiger partial charge in [0, 0.05) is 33.1 Å². The molecule has 0 amide bonds. The van der Waals surface area contributed by atoms with Crippen LogP contribution >= 0.6 is 0 Å². The summed E-state index contributed by atoms with van der Waals surface area (Å²) in [6.45, 7) is 21.3. The first-order valence-electron chi connectivity index (χ1n) is 17.5. The summed E-state index contributed by atoms with van der Waals surface area (Å²) in [7, 11) is 0. The highest BCUT2D eigenvalue weighted by atomic mass is 19.2. The number of benzene rings is 2. The summed E-state index contributed by atoms with van der Waals surface area (Å²) in [5.41, 5.74) is -1.31. The fraction of sp³-hybridized carbons (Fsp3) is 0.381. The number of halogens is 2. The number of esters is 4. The number of carbonyl (C=O) groups excluding carboxylic acids is 4. The van der Waals surface area contributed by atoms with E-state index in [1.165, 1.54) is 62.4 Å². The molecule has 2 aromatic rings. The lowest BCUT2D eigenvalue weighted by Gasteiger charge is -2.31. The van der Waals surface area contributed by atoms with E-state index in [0.717, 1.165) is 0 Å². The van der Waals surface area contributed by atoms with Gasteiger partial charge >= 0.3 is 23.9 Å². The highest BCUT2D eigenvalue weighted by Gasteiger charge is 2.36. The normalized spacial score (nSPS) is 15.0. The Bertz CT molecular complexity index is 1710. The molecule has 2 aromatic carbocycles. The molecule has 0 unspecified atom stereocenters. The molecular formula is C42H48F2O10. The van der Waals surface area contributed by atoms with Crippen LogP contribution < -0.4 is 9.47 Å². The van der Waals surface area contributed by atoms with Gasteiger partial charge in [0.1, 0.15) is 37.9 Å². The number of rotatable bonds is 18. The first kappa shape index (κ1) is 42.9. The second-order valence-corrected chi connectivity index (χ2v) is 13.4. The molecule has 0 atom stereocenters. The van der Waals surface area contributed by atoms with Crippen molar-refractivity contribution in [3.63, 3.8) is 0 Å². The van der Waals surface area contributed by atoms with E-state index in [1.54, 1.807) is 0 Å². The van der Waals surface area contributed by atoms with Crippen molar-refractivity contribution >= 4 is 35.5 Å². The monoisotopic (exact) mass is 750 g/mol. The van der Waals surface area contributed by atoms with E-state index < -0.39 is 46.4 Å². The van der Waals surface area contributed by atoms with Gasteiger partial charge in [0.25, 0.3) is 0 Å². The number of carbonyl (C=O) groups is 4. The van der Waals surface area contributed by atoms with Gasteiger partial charge < -0.3 is 28.4 Å². The molecule has 54 heavy (non-hydrogen) atoms. The van der Waals surface area contributed by atoms with E-state index in [9.17, 15) is 19.2 Å². The van der Waals surface area contributed by atoms with Gasteiger partial charge in [0.05, 0.1) is 24.4 Å². The molecule has 1 fully saturated rings. The molecule has 0 spiro atoms. The Morgan fingerprint density at radius 1 is 0.741 bits per heavy atom. The Kier molecular flexibility index (Phi) is 15.5. The van der Waals surface area contributed by atoms with Crippen LogP contribution in [0.1, 0.15) is 64.5 Å². The molecular weight excluding hydrogens is 702 g/mol. The predicted octanol–water partition coefficient (Wildman–Crippen LogP) is 8.23. The molecule has 1 heterocycles. The van der Waals surface area contributed by atoms with Crippen LogP contribution in [0.4, 0.5) is 8.78 Å². The average Bonchev–Trinajstić information content (AvgIpc) is 3.21. The molecule has 3 rings (SSSR count). The van der Waals surface area contributed by atoms with Crippen molar-refractivity contribution in [2.45, 2.75) is 53.4 Å². The molecule has 1 aliphatic heterocycles. The summed E-state index contributed by atoms with van der Waals surface area (Å²) in [4.78, 5) is 48.7.